The summed E-state index contributed by atoms with van der Waals surface area (Å²) in [5.74, 6) is -0.411. The second kappa shape index (κ2) is 10.0. The Morgan fingerprint density at radius 1 is 1.07 bits per heavy atom. The molecule has 0 spiro atoms. The molecule has 2 aromatic rings. The summed E-state index contributed by atoms with van der Waals surface area (Å²) in [5, 5.41) is 15.3. The predicted molar refractivity (Wildman–Crippen MR) is 106 cm³/mol. The number of ether oxygens (including phenoxy) is 1. The molecule has 2 aromatic carbocycles. The molecule has 0 aliphatic heterocycles. The molecule has 6 nitrogen and oxygen atoms in total. The smallest absolute Gasteiger partial charge is 0.333 e. The molecule has 6 heteroatoms. The molecule has 0 fully saturated rings. The highest BCUT2D eigenvalue weighted by Gasteiger charge is 2.08. The van der Waals surface area contributed by atoms with E-state index in [4.69, 9.17) is 4.74 Å². The Kier molecular flexibility index (Phi) is 7.43. The van der Waals surface area contributed by atoms with Crippen molar-refractivity contribution in [2.75, 3.05) is 18.5 Å². The lowest BCUT2D eigenvalue weighted by atomic mass is 10.0. The van der Waals surface area contributed by atoms with Gasteiger partial charge in [0.15, 0.2) is 0 Å². The topological polar surface area (TPSA) is 87.7 Å². The Labute approximate surface area is 158 Å². The summed E-state index contributed by atoms with van der Waals surface area (Å²) >= 11 is 0. The highest BCUT2D eigenvalue weighted by molar-refractivity contribution is 5.92. The Hall–Kier alpha value is -3.28. The van der Waals surface area contributed by atoms with E-state index in [0.29, 0.717) is 30.6 Å². The van der Waals surface area contributed by atoms with Crippen LogP contribution in [-0.2, 0) is 9.53 Å². The summed E-state index contributed by atoms with van der Waals surface area (Å²) in [6, 6.07) is 14.3. The van der Waals surface area contributed by atoms with E-state index in [2.05, 4.69) is 17.2 Å². The average Bonchev–Trinajstić information content (AvgIpc) is 2.66. The Morgan fingerprint density at radius 2 is 1.81 bits per heavy atom. The molecular weight excluding hydrogens is 344 g/mol. The molecule has 0 aliphatic rings. The number of rotatable bonds is 8. The number of esters is 1. The van der Waals surface area contributed by atoms with Crippen molar-refractivity contribution in [3.63, 3.8) is 0 Å². The third-order valence-electron chi connectivity index (χ3n) is 3.79. The number of hydrogen-bond donors (Lipinski definition) is 3. The van der Waals surface area contributed by atoms with Gasteiger partial charge in [-0.3, -0.25) is 0 Å². The minimum Gasteiger partial charge on any atom is -0.506 e. The van der Waals surface area contributed by atoms with Crippen LogP contribution < -0.4 is 10.6 Å². The predicted octanol–water partition coefficient (Wildman–Crippen LogP) is 4.08. The molecule has 0 aliphatic carbocycles. The second-order valence-corrected chi connectivity index (χ2v) is 6.10. The molecule has 27 heavy (non-hydrogen) atoms. The van der Waals surface area contributed by atoms with Crippen LogP contribution >= 0.6 is 0 Å². The van der Waals surface area contributed by atoms with Crippen molar-refractivity contribution >= 4 is 17.7 Å². The van der Waals surface area contributed by atoms with Gasteiger partial charge >= 0.3 is 12.0 Å². The number of benzene rings is 2. The number of unbranched alkanes of at least 4 members (excludes halogenated alkanes) is 1. The lowest BCUT2D eigenvalue weighted by Crippen LogP contribution is -2.29. The van der Waals surface area contributed by atoms with Gasteiger partial charge in [0.2, 0.25) is 0 Å². The van der Waals surface area contributed by atoms with Crippen LogP contribution in [0.5, 0.6) is 5.75 Å². The number of amides is 2. The molecule has 0 heterocycles. The highest BCUT2D eigenvalue weighted by Crippen LogP contribution is 2.29. The standard InChI is InChI=1S/C21H24N2O4/c1-15(2)20(25)27-13-7-6-12-22-21(26)23-18-14-17(10-11-19(18)24)16-8-4-3-5-9-16/h3-5,8-11,14,24H,1,6-7,12-13H2,2H3,(H2,22,23,26). The number of carbonyl (C=O) groups excluding carboxylic acids is 2. The third kappa shape index (κ3) is 6.51. The summed E-state index contributed by atoms with van der Waals surface area (Å²) in [4.78, 5) is 23.2. The quantitative estimate of drug-likeness (QED) is 0.284. The van der Waals surface area contributed by atoms with Crippen molar-refractivity contribution in [1.82, 2.24) is 5.32 Å². The van der Waals surface area contributed by atoms with Crippen molar-refractivity contribution in [1.29, 1.82) is 0 Å². The SMILES string of the molecule is C=C(C)C(=O)OCCCCNC(=O)Nc1cc(-c2ccccc2)ccc1O. The number of nitrogens with one attached hydrogen (secondary N) is 2. The van der Waals surface area contributed by atoms with Crippen LogP contribution in [0.4, 0.5) is 10.5 Å². The summed E-state index contributed by atoms with van der Waals surface area (Å²) < 4.78 is 4.98. The first kappa shape index (κ1) is 20.0. The normalized spacial score (nSPS) is 10.1. The minimum absolute atomic E-state index is 0.00321. The number of anilines is 1. The van der Waals surface area contributed by atoms with Crippen LogP contribution in [0.2, 0.25) is 0 Å². The molecule has 142 valence electrons. The fraction of sp³-hybridized carbons (Fsp3) is 0.238. The molecule has 0 aromatic heterocycles. The molecule has 0 saturated heterocycles. The van der Waals surface area contributed by atoms with Crippen LogP contribution in [0.15, 0.2) is 60.7 Å². The van der Waals surface area contributed by atoms with E-state index in [1.54, 1.807) is 25.1 Å². The Morgan fingerprint density at radius 3 is 2.52 bits per heavy atom. The fourth-order valence-electron chi connectivity index (χ4n) is 2.33. The number of phenolic OH excluding ortho intramolecular Hbond substituents is 1. The van der Waals surface area contributed by atoms with Gasteiger partial charge in [-0.15, -0.1) is 0 Å². The molecular formula is C21H24N2O4. The van der Waals surface area contributed by atoms with E-state index in [1.165, 1.54) is 0 Å². The summed E-state index contributed by atoms with van der Waals surface area (Å²) in [5.41, 5.74) is 2.59. The maximum absolute atomic E-state index is 12.0. The first-order valence-electron chi connectivity index (χ1n) is 8.73. The maximum Gasteiger partial charge on any atom is 0.333 e. The van der Waals surface area contributed by atoms with Crippen molar-refractivity contribution in [3.05, 3.63) is 60.7 Å². The summed E-state index contributed by atoms with van der Waals surface area (Å²) in [6.45, 7) is 5.81. The Bertz CT molecular complexity index is 803. The number of urea groups is 1. The number of aromatic hydroxyl groups is 1. The zero-order chi connectivity index (χ0) is 19.6. The highest BCUT2D eigenvalue weighted by atomic mass is 16.5. The number of phenols is 1. The van der Waals surface area contributed by atoms with E-state index < -0.39 is 12.0 Å². The third-order valence-corrected chi connectivity index (χ3v) is 3.79. The lowest BCUT2D eigenvalue weighted by molar-refractivity contribution is -0.139. The van der Waals surface area contributed by atoms with Crippen molar-refractivity contribution in [2.45, 2.75) is 19.8 Å². The van der Waals surface area contributed by atoms with E-state index in [-0.39, 0.29) is 12.4 Å². The van der Waals surface area contributed by atoms with Gasteiger partial charge in [0, 0.05) is 12.1 Å². The molecule has 0 radical (unpaired) electrons. The van der Waals surface area contributed by atoms with Gasteiger partial charge in [0.05, 0.1) is 12.3 Å². The van der Waals surface area contributed by atoms with E-state index in [0.717, 1.165) is 11.1 Å². The zero-order valence-corrected chi connectivity index (χ0v) is 15.3. The molecule has 0 bridgehead atoms. The lowest BCUT2D eigenvalue weighted by Gasteiger charge is -2.11. The molecule has 2 amide bonds. The first-order valence-corrected chi connectivity index (χ1v) is 8.73. The van der Waals surface area contributed by atoms with Crippen LogP contribution in [0.1, 0.15) is 19.8 Å². The number of hydrogen-bond acceptors (Lipinski definition) is 4. The van der Waals surface area contributed by atoms with E-state index in [1.807, 2.05) is 30.3 Å². The van der Waals surface area contributed by atoms with Gasteiger partial charge in [-0.25, -0.2) is 9.59 Å². The van der Waals surface area contributed by atoms with Gasteiger partial charge < -0.3 is 20.5 Å². The zero-order valence-electron chi connectivity index (χ0n) is 15.3. The fourth-order valence-corrected chi connectivity index (χ4v) is 2.33. The van der Waals surface area contributed by atoms with Gasteiger partial charge in [-0.1, -0.05) is 43.0 Å². The van der Waals surface area contributed by atoms with E-state index >= 15 is 0 Å². The van der Waals surface area contributed by atoms with Gasteiger partial charge in [0.1, 0.15) is 5.75 Å². The molecule has 0 unspecified atom stereocenters. The first-order chi connectivity index (χ1) is 13.0. The van der Waals surface area contributed by atoms with Crippen LogP contribution in [0.25, 0.3) is 11.1 Å². The molecule has 2 rings (SSSR count). The molecule has 0 saturated carbocycles. The Balaban J connectivity index is 1.79. The second-order valence-electron chi connectivity index (χ2n) is 6.10. The monoisotopic (exact) mass is 368 g/mol. The molecule has 3 N–H and O–H groups in total. The summed E-state index contributed by atoms with van der Waals surface area (Å²) in [7, 11) is 0. The van der Waals surface area contributed by atoms with Crippen molar-refractivity contribution < 1.29 is 19.4 Å². The van der Waals surface area contributed by atoms with Crippen molar-refractivity contribution in [3.8, 4) is 16.9 Å². The largest absolute Gasteiger partial charge is 0.506 e. The van der Waals surface area contributed by atoms with Crippen LogP contribution in [0, 0.1) is 0 Å². The van der Waals surface area contributed by atoms with Crippen LogP contribution in [0.3, 0.4) is 0 Å². The van der Waals surface area contributed by atoms with Crippen molar-refractivity contribution in [2.24, 2.45) is 0 Å². The summed E-state index contributed by atoms with van der Waals surface area (Å²) in [6.07, 6.45) is 1.29. The van der Waals surface area contributed by atoms with Gasteiger partial charge in [-0.05, 0) is 43.0 Å². The number of carbonyl (C=O) groups is 2. The molecule has 0 atom stereocenters. The van der Waals surface area contributed by atoms with Crippen LogP contribution in [-0.4, -0.2) is 30.3 Å². The maximum atomic E-state index is 12.0. The van der Waals surface area contributed by atoms with Gasteiger partial charge in [0.25, 0.3) is 0 Å². The average molecular weight is 368 g/mol. The van der Waals surface area contributed by atoms with Gasteiger partial charge in [-0.2, -0.15) is 0 Å². The minimum atomic E-state index is -0.408. The van der Waals surface area contributed by atoms with E-state index in [9.17, 15) is 14.7 Å².